The number of hydrogen-bond donors (Lipinski definition) is 1. The lowest BCUT2D eigenvalue weighted by molar-refractivity contribution is 0.257. The van der Waals surface area contributed by atoms with Gasteiger partial charge in [-0.15, -0.1) is 0 Å². The number of imidazole rings is 1. The van der Waals surface area contributed by atoms with E-state index in [1.807, 2.05) is 6.33 Å². The lowest BCUT2D eigenvalue weighted by Crippen LogP contribution is -2.30. The number of rotatable bonds is 6. The molecule has 1 N–H and O–H groups in total. The van der Waals surface area contributed by atoms with Crippen LogP contribution in [0, 0.1) is 5.92 Å². The van der Waals surface area contributed by atoms with E-state index in [-0.39, 0.29) is 0 Å². The van der Waals surface area contributed by atoms with Crippen LogP contribution in [0.25, 0.3) is 0 Å². The van der Waals surface area contributed by atoms with Crippen LogP contribution < -0.4 is 5.32 Å². The summed E-state index contributed by atoms with van der Waals surface area (Å²) >= 11 is 0. The zero-order chi connectivity index (χ0) is 13.8. The summed E-state index contributed by atoms with van der Waals surface area (Å²) in [7, 11) is 2.24. The highest BCUT2D eigenvalue weighted by Crippen LogP contribution is 2.36. The van der Waals surface area contributed by atoms with Gasteiger partial charge in [0.1, 0.15) is 0 Å². The quantitative estimate of drug-likeness (QED) is 0.801. The van der Waals surface area contributed by atoms with E-state index in [9.17, 15) is 0 Å². The van der Waals surface area contributed by atoms with Gasteiger partial charge in [-0.25, -0.2) is 4.98 Å². The molecule has 0 saturated carbocycles. The molecule has 0 aromatic carbocycles. The molecular formula is C15H28N4. The molecule has 0 aliphatic carbocycles. The van der Waals surface area contributed by atoms with E-state index in [0.717, 1.165) is 13.1 Å². The third-order valence-corrected chi connectivity index (χ3v) is 4.16. The fraction of sp³-hybridized carbons (Fsp3) is 0.800. The number of likely N-dealkylation sites (tertiary alicyclic amines) is 1. The summed E-state index contributed by atoms with van der Waals surface area (Å²) in [6.45, 7) is 10.1. The van der Waals surface area contributed by atoms with Gasteiger partial charge in [-0.05, 0) is 59.3 Å². The first-order valence-corrected chi connectivity index (χ1v) is 7.57. The van der Waals surface area contributed by atoms with Crippen LogP contribution in [-0.4, -0.2) is 41.1 Å². The van der Waals surface area contributed by atoms with Crippen LogP contribution in [0.1, 0.15) is 51.4 Å². The second kappa shape index (κ2) is 6.53. The molecule has 2 atom stereocenters. The van der Waals surface area contributed by atoms with Gasteiger partial charge in [0.15, 0.2) is 0 Å². The summed E-state index contributed by atoms with van der Waals surface area (Å²) in [5.41, 5.74) is 1.37. The van der Waals surface area contributed by atoms with Crippen LogP contribution in [0.2, 0.25) is 0 Å². The predicted molar refractivity (Wildman–Crippen MR) is 79.3 cm³/mol. The average Bonchev–Trinajstić information content (AvgIpc) is 2.96. The first kappa shape index (κ1) is 14.5. The number of aromatic nitrogens is 2. The maximum atomic E-state index is 4.37. The van der Waals surface area contributed by atoms with E-state index in [2.05, 4.69) is 53.8 Å². The molecule has 1 saturated heterocycles. The summed E-state index contributed by atoms with van der Waals surface area (Å²) in [5, 5.41) is 3.58. The summed E-state index contributed by atoms with van der Waals surface area (Å²) in [6.07, 6.45) is 6.51. The minimum Gasteiger partial charge on any atom is -0.331 e. The van der Waals surface area contributed by atoms with Gasteiger partial charge in [0.2, 0.25) is 0 Å². The average molecular weight is 264 g/mol. The molecule has 1 aromatic rings. The maximum absolute atomic E-state index is 4.37. The minimum atomic E-state index is 0.482. The van der Waals surface area contributed by atoms with E-state index < -0.39 is 0 Å². The number of nitrogens with one attached hydrogen (secondary N) is 1. The van der Waals surface area contributed by atoms with Crippen molar-refractivity contribution < 1.29 is 0 Å². The zero-order valence-electron chi connectivity index (χ0n) is 12.8. The van der Waals surface area contributed by atoms with Gasteiger partial charge in [-0.1, -0.05) is 6.92 Å². The Morgan fingerprint density at radius 3 is 2.95 bits per heavy atom. The molecule has 2 unspecified atom stereocenters. The molecule has 19 heavy (non-hydrogen) atoms. The van der Waals surface area contributed by atoms with Crippen LogP contribution in [0.4, 0.5) is 0 Å². The first-order chi connectivity index (χ1) is 9.15. The molecule has 2 heterocycles. The van der Waals surface area contributed by atoms with Crippen molar-refractivity contribution in [1.82, 2.24) is 19.8 Å². The van der Waals surface area contributed by atoms with Gasteiger partial charge in [0.05, 0.1) is 18.1 Å². The van der Waals surface area contributed by atoms with E-state index in [1.54, 1.807) is 0 Å². The van der Waals surface area contributed by atoms with Gasteiger partial charge in [-0.2, -0.15) is 0 Å². The fourth-order valence-corrected chi connectivity index (χ4v) is 3.15. The Morgan fingerprint density at radius 1 is 1.47 bits per heavy atom. The largest absolute Gasteiger partial charge is 0.331 e. The van der Waals surface area contributed by atoms with Gasteiger partial charge in [-0.3, -0.25) is 4.90 Å². The molecule has 108 valence electrons. The Bertz CT molecular complexity index is 385. The summed E-state index contributed by atoms with van der Waals surface area (Å²) in [6, 6.07) is 0.991. The van der Waals surface area contributed by atoms with Crippen LogP contribution in [0.3, 0.4) is 0 Å². The SMILES string of the molecule is CCCNCC1CCN(C)C1c1cncn1C(C)C. The molecule has 1 fully saturated rings. The Morgan fingerprint density at radius 2 is 2.26 bits per heavy atom. The van der Waals surface area contributed by atoms with Crippen LogP contribution in [0.15, 0.2) is 12.5 Å². The molecule has 0 radical (unpaired) electrons. The maximum Gasteiger partial charge on any atom is 0.0951 e. The molecule has 0 spiro atoms. The van der Waals surface area contributed by atoms with Gasteiger partial charge in [0, 0.05) is 12.2 Å². The van der Waals surface area contributed by atoms with Crippen LogP contribution >= 0.6 is 0 Å². The molecule has 4 heteroatoms. The fourth-order valence-electron chi connectivity index (χ4n) is 3.15. The highest BCUT2D eigenvalue weighted by Gasteiger charge is 2.34. The van der Waals surface area contributed by atoms with E-state index in [4.69, 9.17) is 0 Å². The molecule has 2 rings (SSSR count). The molecule has 1 aromatic heterocycles. The van der Waals surface area contributed by atoms with Crippen LogP contribution in [-0.2, 0) is 0 Å². The van der Waals surface area contributed by atoms with Crippen molar-refractivity contribution in [2.24, 2.45) is 5.92 Å². The monoisotopic (exact) mass is 264 g/mol. The summed E-state index contributed by atoms with van der Waals surface area (Å²) < 4.78 is 2.32. The second-order valence-electron chi connectivity index (χ2n) is 6.00. The van der Waals surface area contributed by atoms with Crippen LogP contribution in [0.5, 0.6) is 0 Å². The van der Waals surface area contributed by atoms with E-state index in [0.29, 0.717) is 18.0 Å². The Labute approximate surface area is 117 Å². The summed E-state index contributed by atoms with van der Waals surface area (Å²) in [5.74, 6) is 0.700. The minimum absolute atomic E-state index is 0.482. The van der Waals surface area contributed by atoms with Gasteiger partial charge < -0.3 is 9.88 Å². The van der Waals surface area contributed by atoms with E-state index >= 15 is 0 Å². The van der Waals surface area contributed by atoms with Gasteiger partial charge in [0.25, 0.3) is 0 Å². The third-order valence-electron chi connectivity index (χ3n) is 4.16. The Kier molecular flexibility index (Phi) is 4.99. The highest BCUT2D eigenvalue weighted by atomic mass is 15.2. The zero-order valence-corrected chi connectivity index (χ0v) is 12.8. The Balaban J connectivity index is 2.12. The van der Waals surface area contributed by atoms with Crippen molar-refractivity contribution in [2.75, 3.05) is 26.7 Å². The van der Waals surface area contributed by atoms with Crippen molar-refractivity contribution in [3.63, 3.8) is 0 Å². The second-order valence-corrected chi connectivity index (χ2v) is 6.00. The molecular weight excluding hydrogens is 236 g/mol. The smallest absolute Gasteiger partial charge is 0.0951 e. The third kappa shape index (κ3) is 3.18. The molecule has 4 nitrogen and oxygen atoms in total. The number of nitrogens with zero attached hydrogens (tertiary/aromatic N) is 3. The molecule has 1 aliphatic heterocycles. The molecule has 0 bridgehead atoms. The van der Waals surface area contributed by atoms with Crippen molar-refractivity contribution in [2.45, 2.75) is 45.7 Å². The lowest BCUT2D eigenvalue weighted by atomic mass is 9.97. The normalized spacial score (nSPS) is 24.5. The molecule has 0 amide bonds. The summed E-state index contributed by atoms with van der Waals surface area (Å²) in [4.78, 5) is 6.85. The van der Waals surface area contributed by atoms with Crippen molar-refractivity contribution in [3.8, 4) is 0 Å². The number of hydrogen-bond acceptors (Lipinski definition) is 3. The first-order valence-electron chi connectivity index (χ1n) is 7.57. The predicted octanol–water partition coefficient (Wildman–Crippen LogP) is 2.46. The lowest BCUT2D eigenvalue weighted by Gasteiger charge is -2.27. The topological polar surface area (TPSA) is 33.1 Å². The van der Waals surface area contributed by atoms with Crippen molar-refractivity contribution in [3.05, 3.63) is 18.2 Å². The highest BCUT2D eigenvalue weighted by molar-refractivity contribution is 5.11. The van der Waals surface area contributed by atoms with Gasteiger partial charge >= 0.3 is 0 Å². The van der Waals surface area contributed by atoms with E-state index in [1.165, 1.54) is 25.1 Å². The Hall–Kier alpha value is -0.870. The standard InChI is InChI=1S/C15H28N4/c1-5-7-16-9-13-6-8-18(4)15(13)14-10-17-11-19(14)12(2)3/h10-13,15-16H,5-9H2,1-4H3. The van der Waals surface area contributed by atoms with Crippen molar-refractivity contribution in [1.29, 1.82) is 0 Å². The molecule has 1 aliphatic rings. The van der Waals surface area contributed by atoms with Crippen molar-refractivity contribution >= 4 is 0 Å².